The van der Waals surface area contributed by atoms with E-state index in [1.54, 1.807) is 0 Å². The van der Waals surface area contributed by atoms with Crippen molar-refractivity contribution < 1.29 is 14.3 Å². The van der Waals surface area contributed by atoms with Crippen molar-refractivity contribution in [2.24, 2.45) is 5.92 Å². The van der Waals surface area contributed by atoms with E-state index >= 15 is 0 Å². The number of benzene rings is 1. The van der Waals surface area contributed by atoms with E-state index in [-0.39, 0.29) is 17.9 Å². The van der Waals surface area contributed by atoms with Gasteiger partial charge in [0.25, 0.3) is 0 Å². The maximum atomic E-state index is 12.6. The maximum absolute atomic E-state index is 12.6. The van der Waals surface area contributed by atoms with Crippen LogP contribution in [0.1, 0.15) is 44.7 Å². The maximum Gasteiger partial charge on any atom is 0.223 e. The third-order valence-electron chi connectivity index (χ3n) is 4.69. The minimum absolute atomic E-state index is 0.0171. The van der Waals surface area contributed by atoms with Gasteiger partial charge in [0.05, 0.1) is 6.04 Å². The average Bonchev–Trinajstić information content (AvgIpc) is 2.59. The Balaban J connectivity index is 1.68. The lowest BCUT2D eigenvalue weighted by molar-refractivity contribution is -0.126. The second-order valence-corrected chi connectivity index (χ2v) is 6.45. The second kappa shape index (κ2) is 7.21. The lowest BCUT2D eigenvalue weighted by atomic mass is 9.91. The van der Waals surface area contributed by atoms with E-state index in [0.29, 0.717) is 19.3 Å². The summed E-state index contributed by atoms with van der Waals surface area (Å²) in [6, 6.07) is 6.38. The quantitative estimate of drug-likeness (QED) is 0.895. The van der Waals surface area contributed by atoms with Crippen LogP contribution in [0.25, 0.3) is 0 Å². The van der Waals surface area contributed by atoms with Crippen molar-refractivity contribution >= 4 is 5.91 Å². The number of hydrogen-bond donors (Lipinski definition) is 2. The molecule has 0 aliphatic carbocycles. The summed E-state index contributed by atoms with van der Waals surface area (Å²) < 4.78 is 11.2. The summed E-state index contributed by atoms with van der Waals surface area (Å²) in [6.07, 6.45) is 2.67. The second-order valence-electron chi connectivity index (χ2n) is 6.45. The molecular weight excluding hydrogens is 292 g/mol. The molecule has 2 N–H and O–H groups in total. The molecule has 0 aromatic heterocycles. The summed E-state index contributed by atoms with van der Waals surface area (Å²) >= 11 is 0. The van der Waals surface area contributed by atoms with Gasteiger partial charge in [-0.15, -0.1) is 0 Å². The first-order chi connectivity index (χ1) is 11.2. The smallest absolute Gasteiger partial charge is 0.223 e. The predicted molar refractivity (Wildman–Crippen MR) is 88.8 cm³/mol. The summed E-state index contributed by atoms with van der Waals surface area (Å²) in [5, 5.41) is 6.61. The van der Waals surface area contributed by atoms with Gasteiger partial charge < -0.3 is 20.1 Å². The third-order valence-corrected chi connectivity index (χ3v) is 4.69. The van der Waals surface area contributed by atoms with Crippen molar-refractivity contribution in [2.45, 2.75) is 45.2 Å². The summed E-state index contributed by atoms with van der Waals surface area (Å²) in [5.74, 6) is 1.84. The molecule has 1 aromatic rings. The van der Waals surface area contributed by atoms with Crippen molar-refractivity contribution in [3.05, 3.63) is 23.8 Å². The predicted octanol–water partition coefficient (Wildman–Crippen LogP) is 2.41. The molecule has 3 atom stereocenters. The first-order valence-electron chi connectivity index (χ1n) is 8.60. The first-order valence-corrected chi connectivity index (χ1v) is 8.60. The van der Waals surface area contributed by atoms with Crippen molar-refractivity contribution in [2.75, 3.05) is 19.8 Å². The van der Waals surface area contributed by atoms with Crippen LogP contribution in [0, 0.1) is 5.92 Å². The van der Waals surface area contributed by atoms with E-state index in [1.165, 1.54) is 0 Å². The molecule has 1 amide bonds. The molecule has 5 nitrogen and oxygen atoms in total. The van der Waals surface area contributed by atoms with E-state index in [0.717, 1.165) is 42.9 Å². The van der Waals surface area contributed by atoms with Gasteiger partial charge in [-0.3, -0.25) is 4.79 Å². The topological polar surface area (TPSA) is 59.6 Å². The first kappa shape index (κ1) is 16.1. The SMILES string of the molecule is CCC(NC(=O)[C@H]1CCN[C@@H](C)C1)c1ccc2c(c1)OCCO2. The Morgan fingerprint density at radius 1 is 1.35 bits per heavy atom. The molecule has 2 aliphatic rings. The highest BCUT2D eigenvalue weighted by molar-refractivity contribution is 5.79. The van der Waals surface area contributed by atoms with Gasteiger partial charge in [-0.25, -0.2) is 0 Å². The Morgan fingerprint density at radius 3 is 2.87 bits per heavy atom. The Kier molecular flexibility index (Phi) is 5.06. The summed E-state index contributed by atoms with van der Waals surface area (Å²) in [4.78, 5) is 12.6. The highest BCUT2D eigenvalue weighted by Gasteiger charge is 2.26. The molecule has 5 heteroatoms. The average molecular weight is 318 g/mol. The number of ether oxygens (including phenoxy) is 2. The third kappa shape index (κ3) is 3.78. The van der Waals surface area contributed by atoms with Crippen LogP contribution < -0.4 is 20.1 Å². The molecule has 126 valence electrons. The van der Waals surface area contributed by atoms with Gasteiger partial charge in [-0.2, -0.15) is 0 Å². The molecule has 0 radical (unpaired) electrons. The van der Waals surface area contributed by atoms with Crippen LogP contribution >= 0.6 is 0 Å². The van der Waals surface area contributed by atoms with Gasteiger partial charge in [0.1, 0.15) is 13.2 Å². The molecule has 23 heavy (non-hydrogen) atoms. The fourth-order valence-electron chi connectivity index (χ4n) is 3.36. The van der Waals surface area contributed by atoms with Gasteiger partial charge in [0.15, 0.2) is 11.5 Å². The fraction of sp³-hybridized carbons (Fsp3) is 0.611. The van der Waals surface area contributed by atoms with Gasteiger partial charge in [-0.1, -0.05) is 13.0 Å². The molecule has 0 bridgehead atoms. The zero-order valence-electron chi connectivity index (χ0n) is 13.9. The van der Waals surface area contributed by atoms with Crippen LogP contribution in [0.4, 0.5) is 0 Å². The highest BCUT2D eigenvalue weighted by Crippen LogP contribution is 2.33. The highest BCUT2D eigenvalue weighted by atomic mass is 16.6. The number of carbonyl (C=O) groups is 1. The van der Waals surface area contributed by atoms with Crippen molar-refractivity contribution in [1.82, 2.24) is 10.6 Å². The Labute approximate surface area is 137 Å². The monoisotopic (exact) mass is 318 g/mol. The van der Waals surface area contributed by atoms with Gasteiger partial charge >= 0.3 is 0 Å². The summed E-state index contributed by atoms with van der Waals surface area (Å²) in [7, 11) is 0. The molecule has 1 fully saturated rings. The molecule has 3 rings (SSSR count). The van der Waals surface area contributed by atoms with Crippen molar-refractivity contribution in [3.8, 4) is 11.5 Å². The number of hydrogen-bond acceptors (Lipinski definition) is 4. The zero-order chi connectivity index (χ0) is 16.2. The van der Waals surface area contributed by atoms with Crippen LogP contribution in [-0.2, 0) is 4.79 Å². The number of carbonyl (C=O) groups excluding carboxylic acids is 1. The molecule has 2 aliphatic heterocycles. The minimum atomic E-state index is 0.0171. The molecule has 1 aromatic carbocycles. The van der Waals surface area contributed by atoms with Crippen LogP contribution in [0.2, 0.25) is 0 Å². The minimum Gasteiger partial charge on any atom is -0.486 e. The van der Waals surface area contributed by atoms with E-state index in [1.807, 2.05) is 18.2 Å². The van der Waals surface area contributed by atoms with Gasteiger partial charge in [-0.05, 0) is 50.4 Å². The summed E-state index contributed by atoms with van der Waals surface area (Å²) in [5.41, 5.74) is 1.08. The van der Waals surface area contributed by atoms with Crippen LogP contribution in [-0.4, -0.2) is 31.7 Å². The number of piperidine rings is 1. The normalized spacial score (nSPS) is 24.8. The van der Waals surface area contributed by atoms with E-state index in [9.17, 15) is 4.79 Å². The lowest BCUT2D eigenvalue weighted by Gasteiger charge is -2.29. The molecule has 2 heterocycles. The Morgan fingerprint density at radius 2 is 2.13 bits per heavy atom. The number of rotatable bonds is 4. The van der Waals surface area contributed by atoms with Crippen LogP contribution in [0.5, 0.6) is 11.5 Å². The van der Waals surface area contributed by atoms with Crippen molar-refractivity contribution in [1.29, 1.82) is 0 Å². The molecule has 0 spiro atoms. The lowest BCUT2D eigenvalue weighted by Crippen LogP contribution is -2.43. The number of fused-ring (bicyclic) bond motifs is 1. The molecular formula is C18H26N2O3. The molecule has 1 saturated heterocycles. The number of nitrogens with one attached hydrogen (secondary N) is 2. The standard InChI is InChI=1S/C18H26N2O3/c1-3-15(20-18(21)14-6-7-19-12(2)10-14)13-4-5-16-17(11-13)23-9-8-22-16/h4-5,11-12,14-15,19H,3,6-10H2,1-2H3,(H,20,21)/t12-,14-,15?/m0/s1. The Bertz CT molecular complexity index is 561. The van der Waals surface area contributed by atoms with E-state index < -0.39 is 0 Å². The fourth-order valence-corrected chi connectivity index (χ4v) is 3.36. The molecule has 1 unspecified atom stereocenters. The van der Waals surface area contributed by atoms with Gasteiger partial charge in [0, 0.05) is 12.0 Å². The number of amides is 1. The molecule has 0 saturated carbocycles. The largest absolute Gasteiger partial charge is 0.486 e. The summed E-state index contributed by atoms with van der Waals surface area (Å²) in [6.45, 7) is 6.31. The van der Waals surface area contributed by atoms with Crippen LogP contribution in [0.3, 0.4) is 0 Å². The van der Waals surface area contributed by atoms with Crippen molar-refractivity contribution in [3.63, 3.8) is 0 Å². The Hall–Kier alpha value is -1.75. The van der Waals surface area contributed by atoms with E-state index in [2.05, 4.69) is 24.5 Å². The van der Waals surface area contributed by atoms with Gasteiger partial charge in [0.2, 0.25) is 5.91 Å². The van der Waals surface area contributed by atoms with Crippen LogP contribution in [0.15, 0.2) is 18.2 Å². The zero-order valence-corrected chi connectivity index (χ0v) is 13.9. The van der Waals surface area contributed by atoms with E-state index in [4.69, 9.17) is 9.47 Å².